The number of hydrogen-bond donors (Lipinski definition) is 0. The lowest BCUT2D eigenvalue weighted by molar-refractivity contribution is 0.394. The van der Waals surface area contributed by atoms with Gasteiger partial charge in [-0.2, -0.15) is 0 Å². The number of allylic oxidation sites excluding steroid dienone is 4. The van der Waals surface area contributed by atoms with E-state index in [-0.39, 0.29) is 10.8 Å². The molecule has 0 saturated heterocycles. The Balaban J connectivity index is 0.987. The molecule has 0 saturated carbocycles. The molecule has 0 N–H and O–H groups in total. The summed E-state index contributed by atoms with van der Waals surface area (Å²) in [6, 6.07) is 66.8. The van der Waals surface area contributed by atoms with Crippen LogP contribution < -0.4 is 0 Å². The Bertz CT molecular complexity index is 3960. The minimum absolute atomic E-state index is 0.00558. The first kappa shape index (κ1) is 39.1. The number of aromatic nitrogens is 4. The topological polar surface area (TPSA) is 35.6 Å². The van der Waals surface area contributed by atoms with Crippen LogP contribution in [0.15, 0.2) is 206 Å². The summed E-state index contributed by atoms with van der Waals surface area (Å²) in [6.07, 6.45) is 9.27. The molecule has 2 atom stereocenters. The number of hydrogen-bond acceptors (Lipinski definition) is 2. The van der Waals surface area contributed by atoms with E-state index in [0.29, 0.717) is 17.7 Å². The summed E-state index contributed by atoms with van der Waals surface area (Å²) >= 11 is 0. The van der Waals surface area contributed by atoms with Gasteiger partial charge in [-0.1, -0.05) is 155 Å². The van der Waals surface area contributed by atoms with Crippen LogP contribution in [-0.2, 0) is 10.8 Å². The van der Waals surface area contributed by atoms with Crippen LogP contribution in [0.25, 0.3) is 100 Å². The van der Waals surface area contributed by atoms with E-state index >= 15 is 0 Å². The number of benzene rings is 8. The molecule has 0 amide bonds. The Kier molecular flexibility index (Phi) is 8.18. The van der Waals surface area contributed by atoms with Crippen LogP contribution in [0.4, 0.5) is 0 Å². The zero-order valence-corrected chi connectivity index (χ0v) is 38.6. The molecule has 4 nitrogen and oxygen atoms in total. The summed E-state index contributed by atoms with van der Waals surface area (Å²) in [4.78, 5) is 10.7. The molecule has 2 unspecified atom stereocenters. The zero-order valence-electron chi connectivity index (χ0n) is 38.6. The lowest BCUT2D eigenvalue weighted by atomic mass is 9.74. The fourth-order valence-electron chi connectivity index (χ4n) is 12.4. The van der Waals surface area contributed by atoms with Crippen molar-refractivity contribution >= 4 is 43.6 Å². The molecule has 0 spiro atoms. The third kappa shape index (κ3) is 5.55. The molecule has 3 aliphatic rings. The van der Waals surface area contributed by atoms with Gasteiger partial charge in [0.25, 0.3) is 0 Å². The maximum atomic E-state index is 5.37. The van der Waals surface area contributed by atoms with Gasteiger partial charge in [0.15, 0.2) is 5.82 Å². The summed E-state index contributed by atoms with van der Waals surface area (Å²) in [7, 11) is 0. The second-order valence-electron chi connectivity index (χ2n) is 20.2. The van der Waals surface area contributed by atoms with Crippen molar-refractivity contribution in [3.8, 4) is 56.4 Å². The molecule has 324 valence electrons. The number of para-hydroxylation sites is 2. The molecule has 11 aromatic rings. The molecule has 0 radical (unpaired) electrons. The van der Waals surface area contributed by atoms with E-state index in [1.165, 1.54) is 77.0 Å². The molecule has 0 fully saturated rings. The van der Waals surface area contributed by atoms with Crippen molar-refractivity contribution in [2.75, 3.05) is 0 Å². The van der Waals surface area contributed by atoms with Gasteiger partial charge in [0.1, 0.15) is 0 Å². The zero-order chi connectivity index (χ0) is 45.5. The lowest BCUT2D eigenvalue weighted by Gasteiger charge is -2.29. The number of rotatable bonds is 5. The van der Waals surface area contributed by atoms with Crippen LogP contribution in [0.1, 0.15) is 55.9 Å². The molecule has 0 aliphatic heterocycles. The Hall–Kier alpha value is -8.08. The van der Waals surface area contributed by atoms with Crippen LogP contribution in [-0.4, -0.2) is 19.1 Å². The number of nitrogens with zero attached hydrogens (tertiary/aromatic N) is 4. The highest BCUT2D eigenvalue weighted by atomic mass is 15.0. The molecule has 8 aromatic carbocycles. The van der Waals surface area contributed by atoms with E-state index in [4.69, 9.17) is 9.97 Å². The first-order valence-electron chi connectivity index (χ1n) is 24.0. The van der Waals surface area contributed by atoms with Gasteiger partial charge in [0.2, 0.25) is 0 Å². The smallest absolute Gasteiger partial charge is 0.160 e. The third-order valence-corrected chi connectivity index (χ3v) is 15.8. The highest BCUT2D eigenvalue weighted by Gasteiger charge is 2.45. The normalized spacial score (nSPS) is 17.2. The maximum absolute atomic E-state index is 5.37. The van der Waals surface area contributed by atoms with Crippen molar-refractivity contribution in [3.63, 3.8) is 0 Å². The average Bonchev–Trinajstić information content (AvgIpc) is 4.03. The monoisotopic (exact) mass is 872 g/mol. The van der Waals surface area contributed by atoms with Gasteiger partial charge in [-0.25, -0.2) is 9.97 Å². The van der Waals surface area contributed by atoms with Crippen LogP contribution in [0.3, 0.4) is 0 Å². The predicted octanol–water partition coefficient (Wildman–Crippen LogP) is 16.1. The molecule has 3 heterocycles. The Labute approximate surface area is 396 Å². The van der Waals surface area contributed by atoms with Crippen molar-refractivity contribution in [2.45, 2.75) is 44.4 Å². The van der Waals surface area contributed by atoms with Gasteiger partial charge in [0, 0.05) is 60.9 Å². The largest absolute Gasteiger partial charge is 0.309 e. The second kappa shape index (κ2) is 14.2. The Morgan fingerprint density at radius 2 is 0.941 bits per heavy atom. The van der Waals surface area contributed by atoms with Crippen molar-refractivity contribution in [2.24, 2.45) is 5.92 Å². The van der Waals surface area contributed by atoms with E-state index in [1.807, 2.05) is 0 Å². The predicted molar refractivity (Wildman–Crippen MR) is 282 cm³/mol. The molecule has 4 heteroatoms. The summed E-state index contributed by atoms with van der Waals surface area (Å²) in [5.41, 5.74) is 20.1. The van der Waals surface area contributed by atoms with Crippen LogP contribution in [0.2, 0.25) is 0 Å². The van der Waals surface area contributed by atoms with Gasteiger partial charge in [-0.05, 0) is 124 Å². The van der Waals surface area contributed by atoms with Crippen molar-refractivity contribution in [1.29, 1.82) is 0 Å². The fourth-order valence-corrected chi connectivity index (χ4v) is 12.4. The first-order valence-corrected chi connectivity index (χ1v) is 24.0. The SMILES string of the molecule is CC1(C)c2ccccc2-c2cc3c4cc(-c5cc(-c6ccc7c(c6)c6cc8c(cc6n7-c6ccccc6)C(C)(C)C6C=CC=CC86)nc(-c6ccccc6)n5)ccc4n(-c4ccccc4)c3cc21. The third-order valence-electron chi connectivity index (χ3n) is 15.8. The standard InChI is InChI=1S/C64H48N4/c1-63(2)52-26-16-14-24-44(52)46-34-50-48-32-40(28-30-58(48)67(60(50)36-54(46)63)42-20-10-6-11-21-42)56-38-57(66-62(65-56)39-18-8-5-9-19-39)41-29-31-59-49(33-41)51-35-47-45-25-15-17-27-53(45)64(3,4)55(47)37-61(51)68(59)43-22-12-7-13-23-43/h5-38,44,52H,1-4H3. The van der Waals surface area contributed by atoms with Crippen molar-refractivity contribution < 1.29 is 0 Å². The number of fused-ring (bicyclic) bond motifs is 12. The Morgan fingerprint density at radius 1 is 0.412 bits per heavy atom. The lowest BCUT2D eigenvalue weighted by Crippen LogP contribution is -2.24. The van der Waals surface area contributed by atoms with Gasteiger partial charge in [-0.15, -0.1) is 0 Å². The second-order valence-corrected chi connectivity index (χ2v) is 20.2. The van der Waals surface area contributed by atoms with Crippen molar-refractivity contribution in [3.05, 3.63) is 229 Å². The summed E-state index contributed by atoms with van der Waals surface area (Å²) < 4.78 is 4.89. The summed E-state index contributed by atoms with van der Waals surface area (Å²) in [5, 5.41) is 4.91. The van der Waals surface area contributed by atoms with Gasteiger partial charge in [0.05, 0.1) is 33.5 Å². The van der Waals surface area contributed by atoms with Crippen molar-refractivity contribution in [1.82, 2.24) is 19.1 Å². The van der Waals surface area contributed by atoms with E-state index in [9.17, 15) is 0 Å². The fraction of sp³-hybridized carbons (Fsp3) is 0.125. The van der Waals surface area contributed by atoms with E-state index in [1.54, 1.807) is 0 Å². The van der Waals surface area contributed by atoms with E-state index in [2.05, 4.69) is 243 Å². The van der Waals surface area contributed by atoms with Gasteiger partial charge >= 0.3 is 0 Å². The molecule has 3 aromatic heterocycles. The van der Waals surface area contributed by atoms with Crippen LogP contribution in [0.5, 0.6) is 0 Å². The quantitative estimate of drug-likeness (QED) is 0.173. The minimum atomic E-state index is -0.113. The van der Waals surface area contributed by atoms with Gasteiger partial charge < -0.3 is 9.13 Å². The van der Waals surface area contributed by atoms with Gasteiger partial charge in [-0.3, -0.25) is 0 Å². The first-order chi connectivity index (χ1) is 33.2. The maximum Gasteiger partial charge on any atom is 0.160 e. The molecular weight excluding hydrogens is 825 g/mol. The summed E-state index contributed by atoms with van der Waals surface area (Å²) in [6.45, 7) is 9.56. The highest BCUT2D eigenvalue weighted by molar-refractivity contribution is 6.13. The molecule has 0 bridgehead atoms. The molecule has 14 rings (SSSR count). The van der Waals surface area contributed by atoms with E-state index < -0.39 is 0 Å². The minimum Gasteiger partial charge on any atom is -0.309 e. The molecular formula is C64H48N4. The molecule has 3 aliphatic carbocycles. The Morgan fingerprint density at radius 3 is 1.57 bits per heavy atom. The molecule has 68 heavy (non-hydrogen) atoms. The van der Waals surface area contributed by atoms with Crippen LogP contribution >= 0.6 is 0 Å². The van der Waals surface area contributed by atoms with E-state index in [0.717, 1.165) is 39.5 Å². The average molecular weight is 873 g/mol. The van der Waals surface area contributed by atoms with Crippen LogP contribution in [0, 0.1) is 5.92 Å². The summed E-state index contributed by atoms with van der Waals surface area (Å²) in [5.74, 6) is 1.49. The highest BCUT2D eigenvalue weighted by Crippen LogP contribution is 2.55.